The van der Waals surface area contributed by atoms with Gasteiger partial charge in [-0.1, -0.05) is 6.42 Å². The molecule has 4 unspecified atom stereocenters. The van der Waals surface area contributed by atoms with Crippen LogP contribution in [0.4, 0.5) is 0 Å². The van der Waals surface area contributed by atoms with Crippen LogP contribution in [0.5, 0.6) is 0 Å². The summed E-state index contributed by atoms with van der Waals surface area (Å²) in [6, 6.07) is 2.24. The van der Waals surface area contributed by atoms with Crippen LogP contribution >= 0.6 is 11.8 Å². The molecule has 0 aromatic rings. The SMILES string of the molecule is CSC1CCCC1N1CC(C)NCC1C. The lowest BCUT2D eigenvalue weighted by molar-refractivity contribution is 0.1000. The molecular formula is C12H24N2S. The minimum absolute atomic E-state index is 0.671. The number of nitrogens with zero attached hydrogens (tertiary/aromatic N) is 1. The van der Waals surface area contributed by atoms with Crippen molar-refractivity contribution in [2.75, 3.05) is 19.3 Å². The molecule has 2 aliphatic rings. The number of hydrogen-bond donors (Lipinski definition) is 1. The summed E-state index contributed by atoms with van der Waals surface area (Å²) in [6.07, 6.45) is 6.56. The van der Waals surface area contributed by atoms with E-state index in [0.717, 1.165) is 17.3 Å². The molecule has 1 heterocycles. The quantitative estimate of drug-likeness (QED) is 0.778. The van der Waals surface area contributed by atoms with Crippen molar-refractivity contribution in [3.05, 3.63) is 0 Å². The van der Waals surface area contributed by atoms with E-state index in [-0.39, 0.29) is 0 Å². The van der Waals surface area contributed by atoms with Crippen molar-refractivity contribution >= 4 is 11.8 Å². The fourth-order valence-electron chi connectivity index (χ4n) is 3.07. The molecule has 1 saturated carbocycles. The summed E-state index contributed by atoms with van der Waals surface area (Å²) >= 11 is 2.08. The maximum atomic E-state index is 3.57. The lowest BCUT2D eigenvalue weighted by Crippen LogP contribution is -2.58. The molecule has 2 nitrogen and oxygen atoms in total. The molecule has 2 fully saturated rings. The van der Waals surface area contributed by atoms with Crippen LogP contribution in [0.15, 0.2) is 0 Å². The number of hydrogen-bond acceptors (Lipinski definition) is 3. The van der Waals surface area contributed by atoms with E-state index in [9.17, 15) is 0 Å². The van der Waals surface area contributed by atoms with Crippen LogP contribution < -0.4 is 5.32 Å². The van der Waals surface area contributed by atoms with Crippen molar-refractivity contribution < 1.29 is 0 Å². The highest BCUT2D eigenvalue weighted by Gasteiger charge is 2.36. The van der Waals surface area contributed by atoms with Gasteiger partial charge in [-0.3, -0.25) is 4.90 Å². The largest absolute Gasteiger partial charge is 0.311 e. The molecule has 0 aromatic carbocycles. The molecule has 1 saturated heterocycles. The van der Waals surface area contributed by atoms with Crippen molar-refractivity contribution in [2.24, 2.45) is 0 Å². The van der Waals surface area contributed by atoms with Gasteiger partial charge < -0.3 is 5.32 Å². The maximum absolute atomic E-state index is 3.57. The fraction of sp³-hybridized carbons (Fsp3) is 1.00. The van der Waals surface area contributed by atoms with E-state index < -0.39 is 0 Å². The van der Waals surface area contributed by atoms with Gasteiger partial charge >= 0.3 is 0 Å². The molecule has 0 spiro atoms. The summed E-state index contributed by atoms with van der Waals surface area (Å²) in [5.41, 5.74) is 0. The van der Waals surface area contributed by atoms with E-state index in [1.807, 2.05) is 0 Å². The fourth-order valence-corrected chi connectivity index (χ4v) is 4.08. The molecule has 0 amide bonds. The molecule has 4 atom stereocenters. The Morgan fingerprint density at radius 1 is 1.27 bits per heavy atom. The van der Waals surface area contributed by atoms with Crippen molar-refractivity contribution in [1.29, 1.82) is 0 Å². The van der Waals surface area contributed by atoms with Crippen LogP contribution in [0.1, 0.15) is 33.1 Å². The third kappa shape index (κ3) is 2.51. The first-order valence-corrected chi connectivity index (χ1v) is 7.53. The monoisotopic (exact) mass is 228 g/mol. The first-order chi connectivity index (χ1) is 7.22. The Morgan fingerprint density at radius 3 is 2.80 bits per heavy atom. The number of rotatable bonds is 2. The van der Waals surface area contributed by atoms with Gasteiger partial charge in [-0.2, -0.15) is 11.8 Å². The summed E-state index contributed by atoms with van der Waals surface area (Å²) < 4.78 is 0. The Labute approximate surface area is 98.2 Å². The number of piperazine rings is 1. The van der Waals surface area contributed by atoms with Gasteiger partial charge in [0.05, 0.1) is 0 Å². The van der Waals surface area contributed by atoms with Gasteiger partial charge in [0.25, 0.3) is 0 Å². The minimum Gasteiger partial charge on any atom is -0.311 e. The second-order valence-electron chi connectivity index (χ2n) is 5.13. The summed E-state index contributed by atoms with van der Waals surface area (Å²) in [7, 11) is 0. The standard InChI is InChI=1S/C12H24N2S/c1-9-8-14(10(2)7-13-9)11-5-4-6-12(11)15-3/h9-13H,4-8H2,1-3H3. The highest BCUT2D eigenvalue weighted by Crippen LogP contribution is 2.33. The van der Waals surface area contributed by atoms with E-state index in [1.54, 1.807) is 0 Å². The van der Waals surface area contributed by atoms with E-state index in [0.29, 0.717) is 6.04 Å². The molecule has 88 valence electrons. The van der Waals surface area contributed by atoms with E-state index >= 15 is 0 Å². The van der Waals surface area contributed by atoms with E-state index in [2.05, 4.69) is 42.1 Å². The van der Waals surface area contributed by atoms with E-state index in [4.69, 9.17) is 0 Å². The van der Waals surface area contributed by atoms with Gasteiger partial charge in [-0.25, -0.2) is 0 Å². The molecule has 0 bridgehead atoms. The Bertz CT molecular complexity index is 210. The third-order valence-electron chi connectivity index (χ3n) is 3.96. The second-order valence-corrected chi connectivity index (χ2v) is 6.20. The van der Waals surface area contributed by atoms with Gasteiger partial charge in [0.2, 0.25) is 0 Å². The van der Waals surface area contributed by atoms with Crippen LogP contribution in [0, 0.1) is 0 Å². The predicted octanol–water partition coefficient (Wildman–Crippen LogP) is 1.95. The normalized spacial score (nSPS) is 43.4. The lowest BCUT2D eigenvalue weighted by Gasteiger charge is -2.43. The summed E-state index contributed by atoms with van der Waals surface area (Å²) in [6.45, 7) is 7.08. The topological polar surface area (TPSA) is 15.3 Å². The smallest absolute Gasteiger partial charge is 0.0218 e. The van der Waals surface area contributed by atoms with Gasteiger partial charge in [0.15, 0.2) is 0 Å². The lowest BCUT2D eigenvalue weighted by atomic mass is 10.1. The molecular weight excluding hydrogens is 204 g/mol. The van der Waals surface area contributed by atoms with Crippen LogP contribution in [-0.4, -0.2) is 47.6 Å². The first-order valence-electron chi connectivity index (χ1n) is 6.24. The van der Waals surface area contributed by atoms with E-state index in [1.165, 1.54) is 32.4 Å². The number of nitrogens with one attached hydrogen (secondary N) is 1. The highest BCUT2D eigenvalue weighted by atomic mass is 32.2. The van der Waals surface area contributed by atoms with Crippen LogP contribution in [-0.2, 0) is 0 Å². The molecule has 0 aromatic heterocycles. The Hall–Kier alpha value is 0.270. The Balaban J connectivity index is 2.00. The summed E-state index contributed by atoms with van der Waals surface area (Å²) in [5.74, 6) is 0. The first kappa shape index (κ1) is 11.7. The Morgan fingerprint density at radius 2 is 2.07 bits per heavy atom. The minimum atomic E-state index is 0.671. The van der Waals surface area contributed by atoms with Gasteiger partial charge in [0, 0.05) is 36.5 Å². The maximum Gasteiger partial charge on any atom is 0.0218 e. The third-order valence-corrected chi connectivity index (χ3v) is 5.11. The molecule has 1 aliphatic heterocycles. The van der Waals surface area contributed by atoms with Crippen molar-refractivity contribution in [2.45, 2.75) is 56.5 Å². The molecule has 1 aliphatic carbocycles. The van der Waals surface area contributed by atoms with Gasteiger partial charge in [0.1, 0.15) is 0 Å². The Kier molecular flexibility index (Phi) is 3.97. The zero-order valence-electron chi connectivity index (χ0n) is 10.2. The molecule has 0 radical (unpaired) electrons. The molecule has 1 N–H and O–H groups in total. The van der Waals surface area contributed by atoms with Crippen LogP contribution in [0.25, 0.3) is 0 Å². The zero-order valence-corrected chi connectivity index (χ0v) is 11.0. The van der Waals surface area contributed by atoms with Crippen molar-refractivity contribution in [1.82, 2.24) is 10.2 Å². The summed E-state index contributed by atoms with van der Waals surface area (Å²) in [4.78, 5) is 2.76. The average Bonchev–Trinajstić information content (AvgIpc) is 2.69. The molecule has 15 heavy (non-hydrogen) atoms. The molecule has 2 rings (SSSR count). The van der Waals surface area contributed by atoms with Crippen LogP contribution in [0.3, 0.4) is 0 Å². The van der Waals surface area contributed by atoms with Crippen molar-refractivity contribution in [3.8, 4) is 0 Å². The zero-order chi connectivity index (χ0) is 10.8. The highest BCUT2D eigenvalue weighted by molar-refractivity contribution is 7.99. The number of thioether (sulfide) groups is 1. The van der Waals surface area contributed by atoms with Gasteiger partial charge in [-0.15, -0.1) is 0 Å². The van der Waals surface area contributed by atoms with Gasteiger partial charge in [-0.05, 0) is 32.9 Å². The summed E-state index contributed by atoms with van der Waals surface area (Å²) in [5, 5.41) is 4.46. The average molecular weight is 228 g/mol. The van der Waals surface area contributed by atoms with Crippen LogP contribution in [0.2, 0.25) is 0 Å². The second kappa shape index (κ2) is 5.07. The predicted molar refractivity (Wildman–Crippen MR) is 68.6 cm³/mol. The van der Waals surface area contributed by atoms with Crippen molar-refractivity contribution in [3.63, 3.8) is 0 Å². The molecule has 3 heteroatoms.